The van der Waals surface area contributed by atoms with Crippen LogP contribution in [-0.4, -0.2) is 24.5 Å². The van der Waals surface area contributed by atoms with Gasteiger partial charge in [-0.25, -0.2) is 0 Å². The Kier molecular flexibility index (Phi) is 6.60. The predicted molar refractivity (Wildman–Crippen MR) is 107 cm³/mol. The highest BCUT2D eigenvalue weighted by Crippen LogP contribution is 2.24. The van der Waals surface area contributed by atoms with Crippen molar-refractivity contribution < 1.29 is 14.3 Å². The molecule has 0 radical (unpaired) electrons. The Morgan fingerprint density at radius 3 is 2.37 bits per heavy atom. The van der Waals surface area contributed by atoms with Crippen LogP contribution in [0.3, 0.4) is 0 Å². The minimum absolute atomic E-state index is 0.108. The molecule has 0 bridgehead atoms. The van der Waals surface area contributed by atoms with Crippen molar-refractivity contribution >= 4 is 23.3 Å². The first kappa shape index (κ1) is 18.7. The lowest BCUT2D eigenvalue weighted by atomic mass is 10.1. The summed E-state index contributed by atoms with van der Waals surface area (Å²) in [4.78, 5) is 16.7. The molecule has 0 aliphatic rings. The van der Waals surface area contributed by atoms with Crippen molar-refractivity contribution in [2.24, 2.45) is 0 Å². The fourth-order valence-electron chi connectivity index (χ4n) is 2.36. The van der Waals surface area contributed by atoms with Gasteiger partial charge in [0.25, 0.3) is 0 Å². The highest BCUT2D eigenvalue weighted by molar-refractivity contribution is 7.10. The minimum atomic E-state index is -0.108. The molecule has 1 amide bonds. The van der Waals surface area contributed by atoms with Crippen LogP contribution < -0.4 is 14.8 Å². The summed E-state index contributed by atoms with van der Waals surface area (Å²) in [7, 11) is 1.63. The first-order valence-electron chi connectivity index (χ1n) is 8.48. The number of ether oxygens (including phenoxy) is 2. The number of amides is 1. The van der Waals surface area contributed by atoms with Crippen LogP contribution in [0, 0.1) is 0 Å². The van der Waals surface area contributed by atoms with E-state index in [0.717, 1.165) is 34.1 Å². The van der Waals surface area contributed by atoms with E-state index >= 15 is 0 Å². The van der Waals surface area contributed by atoms with E-state index in [1.165, 1.54) is 17.4 Å². The topological polar surface area (TPSA) is 60.5 Å². The first-order valence-corrected chi connectivity index (χ1v) is 9.36. The number of aromatic nitrogens is 1. The Labute approximate surface area is 162 Å². The van der Waals surface area contributed by atoms with E-state index in [9.17, 15) is 4.79 Å². The molecular formula is C21H20N2O3S. The van der Waals surface area contributed by atoms with Gasteiger partial charge in [-0.2, -0.15) is 0 Å². The van der Waals surface area contributed by atoms with Gasteiger partial charge in [0.15, 0.2) is 0 Å². The van der Waals surface area contributed by atoms with Crippen molar-refractivity contribution in [3.63, 3.8) is 0 Å². The highest BCUT2D eigenvalue weighted by atomic mass is 32.1. The third-order valence-electron chi connectivity index (χ3n) is 3.78. The number of nitrogens with zero attached hydrogens (tertiary/aromatic N) is 1. The second-order valence-corrected chi connectivity index (χ2v) is 6.62. The van der Waals surface area contributed by atoms with E-state index in [2.05, 4.69) is 10.3 Å². The zero-order valence-electron chi connectivity index (χ0n) is 14.9. The highest BCUT2D eigenvalue weighted by Gasteiger charge is 2.01. The van der Waals surface area contributed by atoms with Gasteiger partial charge in [-0.15, -0.1) is 11.3 Å². The lowest BCUT2D eigenvalue weighted by Gasteiger charge is -2.08. The Morgan fingerprint density at radius 1 is 1.07 bits per heavy atom. The van der Waals surface area contributed by atoms with Gasteiger partial charge in [-0.3, -0.25) is 9.78 Å². The van der Waals surface area contributed by atoms with Crippen LogP contribution in [-0.2, 0) is 11.2 Å². The van der Waals surface area contributed by atoms with Gasteiger partial charge >= 0.3 is 0 Å². The molecule has 0 aliphatic heterocycles. The second-order valence-electron chi connectivity index (χ2n) is 5.70. The Morgan fingerprint density at radius 2 is 1.74 bits per heavy atom. The molecule has 0 saturated carbocycles. The van der Waals surface area contributed by atoms with E-state index in [1.54, 1.807) is 24.9 Å². The molecule has 0 spiro atoms. The summed E-state index contributed by atoms with van der Waals surface area (Å²) in [6.45, 7) is 0.574. The molecule has 3 aromatic rings. The van der Waals surface area contributed by atoms with Crippen LogP contribution in [0.1, 0.15) is 10.4 Å². The van der Waals surface area contributed by atoms with Gasteiger partial charge in [0.05, 0.1) is 12.6 Å². The molecule has 1 N–H and O–H groups in total. The molecule has 138 valence electrons. The van der Waals surface area contributed by atoms with Gasteiger partial charge in [-0.1, -0.05) is 12.1 Å². The summed E-state index contributed by atoms with van der Waals surface area (Å²) < 4.78 is 10.9. The van der Waals surface area contributed by atoms with Crippen LogP contribution >= 0.6 is 11.3 Å². The molecule has 0 saturated heterocycles. The Bertz CT molecular complexity index is 873. The number of carbonyl (C=O) groups excluding carboxylic acids is 1. The van der Waals surface area contributed by atoms with Crippen molar-refractivity contribution in [2.75, 3.05) is 13.7 Å². The molecule has 6 heteroatoms. The summed E-state index contributed by atoms with van der Waals surface area (Å²) in [6.07, 6.45) is 5.77. The van der Waals surface area contributed by atoms with Gasteiger partial charge in [-0.05, 0) is 54.5 Å². The lowest BCUT2D eigenvalue weighted by Crippen LogP contribution is -2.23. The number of methoxy groups -OCH3 is 1. The van der Waals surface area contributed by atoms with Gasteiger partial charge in [0.2, 0.25) is 5.91 Å². The third kappa shape index (κ3) is 5.97. The SMILES string of the molecule is COc1ccc(Oc2ccc(CCNC(=O)/C=C/c3cncs3)cc2)cc1. The number of benzene rings is 2. The average Bonchev–Trinajstić information content (AvgIpc) is 3.22. The number of hydrogen-bond donors (Lipinski definition) is 1. The second kappa shape index (κ2) is 9.54. The largest absolute Gasteiger partial charge is 0.497 e. The number of nitrogens with one attached hydrogen (secondary N) is 1. The summed E-state index contributed by atoms with van der Waals surface area (Å²) in [5.74, 6) is 2.20. The molecule has 0 atom stereocenters. The van der Waals surface area contributed by atoms with Crippen LogP contribution in [0.25, 0.3) is 6.08 Å². The predicted octanol–water partition coefficient (Wildman–Crippen LogP) is 4.32. The number of rotatable bonds is 8. The molecule has 5 nitrogen and oxygen atoms in total. The molecule has 1 heterocycles. The first-order chi connectivity index (χ1) is 13.2. The molecule has 0 aliphatic carbocycles. The molecule has 27 heavy (non-hydrogen) atoms. The quantitative estimate of drug-likeness (QED) is 0.592. The number of thiazole rings is 1. The van der Waals surface area contributed by atoms with Crippen molar-refractivity contribution in [1.29, 1.82) is 0 Å². The van der Waals surface area contributed by atoms with E-state index < -0.39 is 0 Å². The monoisotopic (exact) mass is 380 g/mol. The number of hydrogen-bond acceptors (Lipinski definition) is 5. The van der Waals surface area contributed by atoms with Crippen molar-refractivity contribution in [1.82, 2.24) is 10.3 Å². The summed E-state index contributed by atoms with van der Waals surface area (Å²) >= 11 is 1.49. The molecule has 2 aromatic carbocycles. The van der Waals surface area contributed by atoms with Crippen LogP contribution in [0.5, 0.6) is 17.2 Å². The zero-order valence-corrected chi connectivity index (χ0v) is 15.7. The van der Waals surface area contributed by atoms with Gasteiger partial charge in [0, 0.05) is 23.7 Å². The molecular weight excluding hydrogens is 360 g/mol. The molecule has 1 aromatic heterocycles. The van der Waals surface area contributed by atoms with Crippen LogP contribution in [0.15, 0.2) is 66.3 Å². The fraction of sp³-hybridized carbons (Fsp3) is 0.143. The van der Waals surface area contributed by atoms with Crippen molar-refractivity contribution in [3.05, 3.63) is 76.8 Å². The standard InChI is InChI=1S/C21H20N2O3S/c1-25-17-6-8-19(9-7-17)26-18-4-2-16(3-5-18)12-13-23-21(24)11-10-20-14-22-15-27-20/h2-11,14-15H,12-13H2,1H3,(H,23,24)/b11-10+. The molecule has 0 unspecified atom stereocenters. The smallest absolute Gasteiger partial charge is 0.244 e. The number of carbonyl (C=O) groups is 1. The minimum Gasteiger partial charge on any atom is -0.497 e. The maximum Gasteiger partial charge on any atom is 0.244 e. The normalized spacial score (nSPS) is 10.7. The molecule has 0 fully saturated rings. The van der Waals surface area contributed by atoms with E-state index in [-0.39, 0.29) is 5.91 Å². The fourth-order valence-corrected chi connectivity index (χ4v) is 2.87. The van der Waals surface area contributed by atoms with Crippen LogP contribution in [0.4, 0.5) is 0 Å². The van der Waals surface area contributed by atoms with Gasteiger partial charge in [0.1, 0.15) is 17.2 Å². The molecule has 3 rings (SSSR count). The van der Waals surface area contributed by atoms with Gasteiger partial charge < -0.3 is 14.8 Å². The summed E-state index contributed by atoms with van der Waals surface area (Å²) in [5.41, 5.74) is 2.86. The van der Waals surface area contributed by atoms with E-state index in [1.807, 2.05) is 48.5 Å². The third-order valence-corrected chi connectivity index (χ3v) is 4.52. The van der Waals surface area contributed by atoms with Crippen molar-refractivity contribution in [3.8, 4) is 17.2 Å². The average molecular weight is 380 g/mol. The van der Waals surface area contributed by atoms with E-state index in [0.29, 0.717) is 6.54 Å². The lowest BCUT2D eigenvalue weighted by molar-refractivity contribution is -0.116. The van der Waals surface area contributed by atoms with Crippen LogP contribution in [0.2, 0.25) is 0 Å². The zero-order chi connectivity index (χ0) is 18.9. The Hall–Kier alpha value is -3.12. The summed E-state index contributed by atoms with van der Waals surface area (Å²) in [5, 5.41) is 2.87. The van der Waals surface area contributed by atoms with Crippen molar-refractivity contribution in [2.45, 2.75) is 6.42 Å². The Balaban J connectivity index is 1.44. The summed E-state index contributed by atoms with van der Waals surface area (Å²) in [6, 6.07) is 15.3. The van der Waals surface area contributed by atoms with E-state index in [4.69, 9.17) is 9.47 Å². The maximum atomic E-state index is 11.8. The maximum absolute atomic E-state index is 11.8.